The minimum Gasteiger partial charge on any atom is -0.352 e. The molecule has 3 rings (SSSR count). The predicted molar refractivity (Wildman–Crippen MR) is 102 cm³/mol. The molecule has 28 heavy (non-hydrogen) atoms. The average molecular weight is 394 g/mol. The second-order valence-corrected chi connectivity index (χ2v) is 6.94. The maximum absolute atomic E-state index is 12.5. The Morgan fingerprint density at radius 3 is 2.75 bits per heavy atom. The van der Waals surface area contributed by atoms with Crippen LogP contribution in [0.1, 0.15) is 17.5 Å². The highest BCUT2D eigenvalue weighted by atomic mass is 19.4. The average Bonchev–Trinajstić information content (AvgIpc) is 3.27. The SMILES string of the molecule is CN=C(NCc1cnn(Cc2ccccc2)c1)NC1CCN(CC(F)(F)F)C1. The van der Waals surface area contributed by atoms with Crippen LogP contribution in [0.15, 0.2) is 47.7 Å². The Hall–Kier alpha value is -2.55. The quantitative estimate of drug-likeness (QED) is 0.583. The predicted octanol–water partition coefficient (Wildman–Crippen LogP) is 2.23. The summed E-state index contributed by atoms with van der Waals surface area (Å²) in [4.78, 5) is 5.58. The van der Waals surface area contributed by atoms with Crippen LogP contribution in [0.2, 0.25) is 0 Å². The number of guanidine groups is 1. The standard InChI is InChI=1S/C19H25F3N6/c1-23-18(26-17-7-8-27(13-17)14-19(20,21)22)24-9-16-10-25-28(12-16)11-15-5-3-2-4-6-15/h2-6,10,12,17H,7-9,11,13-14H2,1H3,(H2,23,24,26). The molecule has 6 nitrogen and oxygen atoms in total. The molecule has 2 aromatic rings. The van der Waals surface area contributed by atoms with Gasteiger partial charge in [0.05, 0.1) is 19.3 Å². The van der Waals surface area contributed by atoms with E-state index in [4.69, 9.17) is 0 Å². The lowest BCUT2D eigenvalue weighted by molar-refractivity contribution is -0.143. The lowest BCUT2D eigenvalue weighted by atomic mass is 10.2. The number of alkyl halides is 3. The van der Waals surface area contributed by atoms with E-state index in [0.29, 0.717) is 38.6 Å². The molecular formula is C19H25F3N6. The van der Waals surface area contributed by atoms with Crippen LogP contribution in [0.4, 0.5) is 13.2 Å². The van der Waals surface area contributed by atoms with E-state index in [1.165, 1.54) is 10.5 Å². The van der Waals surface area contributed by atoms with Gasteiger partial charge in [0.15, 0.2) is 5.96 Å². The fourth-order valence-corrected chi connectivity index (χ4v) is 3.28. The first-order valence-corrected chi connectivity index (χ1v) is 9.23. The van der Waals surface area contributed by atoms with Crippen molar-refractivity contribution in [2.45, 2.75) is 31.7 Å². The van der Waals surface area contributed by atoms with Crippen molar-refractivity contribution in [3.05, 3.63) is 53.9 Å². The zero-order valence-corrected chi connectivity index (χ0v) is 15.8. The highest BCUT2D eigenvalue weighted by Gasteiger charge is 2.34. The molecule has 1 aromatic carbocycles. The summed E-state index contributed by atoms with van der Waals surface area (Å²) in [7, 11) is 1.65. The van der Waals surface area contributed by atoms with Crippen LogP contribution >= 0.6 is 0 Å². The fraction of sp³-hybridized carbons (Fsp3) is 0.474. The van der Waals surface area contributed by atoms with Gasteiger partial charge in [-0.1, -0.05) is 30.3 Å². The summed E-state index contributed by atoms with van der Waals surface area (Å²) < 4.78 is 39.4. The number of rotatable bonds is 6. The molecule has 1 saturated heterocycles. The smallest absolute Gasteiger partial charge is 0.352 e. The van der Waals surface area contributed by atoms with Crippen molar-refractivity contribution in [3.63, 3.8) is 0 Å². The number of hydrogen-bond donors (Lipinski definition) is 2. The van der Waals surface area contributed by atoms with Crippen LogP contribution < -0.4 is 10.6 Å². The van der Waals surface area contributed by atoms with Gasteiger partial charge in [0.2, 0.25) is 0 Å². The Morgan fingerprint density at radius 2 is 2.04 bits per heavy atom. The van der Waals surface area contributed by atoms with E-state index < -0.39 is 12.7 Å². The van der Waals surface area contributed by atoms with Crippen LogP contribution in [0.25, 0.3) is 0 Å². The van der Waals surface area contributed by atoms with Crippen molar-refractivity contribution < 1.29 is 13.2 Å². The number of nitrogens with one attached hydrogen (secondary N) is 2. The molecule has 1 atom stereocenters. The number of likely N-dealkylation sites (tertiary alicyclic amines) is 1. The molecule has 0 spiro atoms. The molecule has 0 bridgehead atoms. The van der Waals surface area contributed by atoms with Gasteiger partial charge in [0.25, 0.3) is 0 Å². The molecule has 2 heterocycles. The molecule has 1 unspecified atom stereocenters. The first kappa shape index (κ1) is 20.2. The Labute approximate surface area is 162 Å². The highest BCUT2D eigenvalue weighted by Crippen LogP contribution is 2.19. The van der Waals surface area contributed by atoms with Crippen LogP contribution in [-0.4, -0.2) is 59.5 Å². The Morgan fingerprint density at radius 1 is 1.25 bits per heavy atom. The molecule has 1 aliphatic rings. The molecule has 0 saturated carbocycles. The minimum absolute atomic E-state index is 0.0469. The van der Waals surface area contributed by atoms with Crippen molar-refractivity contribution in [1.82, 2.24) is 25.3 Å². The summed E-state index contributed by atoms with van der Waals surface area (Å²) in [6, 6.07) is 10.0. The van der Waals surface area contributed by atoms with Crippen molar-refractivity contribution >= 4 is 5.96 Å². The molecule has 1 aliphatic heterocycles. The number of nitrogens with zero attached hydrogens (tertiary/aromatic N) is 4. The molecule has 1 fully saturated rings. The van der Waals surface area contributed by atoms with Gasteiger partial charge in [0, 0.05) is 44.5 Å². The maximum atomic E-state index is 12.5. The van der Waals surface area contributed by atoms with Crippen LogP contribution in [0.3, 0.4) is 0 Å². The first-order valence-electron chi connectivity index (χ1n) is 9.23. The maximum Gasteiger partial charge on any atom is 0.401 e. The van der Waals surface area contributed by atoms with Gasteiger partial charge in [-0.25, -0.2) is 0 Å². The van der Waals surface area contributed by atoms with Crippen molar-refractivity contribution in [2.75, 3.05) is 26.7 Å². The Balaban J connectivity index is 1.45. The van der Waals surface area contributed by atoms with E-state index in [1.54, 1.807) is 13.2 Å². The topological polar surface area (TPSA) is 57.5 Å². The van der Waals surface area contributed by atoms with Crippen molar-refractivity contribution in [2.24, 2.45) is 4.99 Å². The summed E-state index contributed by atoms with van der Waals surface area (Å²) in [5.41, 5.74) is 2.18. The third-order valence-corrected chi connectivity index (χ3v) is 4.57. The summed E-state index contributed by atoms with van der Waals surface area (Å²) in [6.45, 7) is 1.16. The highest BCUT2D eigenvalue weighted by molar-refractivity contribution is 5.80. The molecule has 2 N–H and O–H groups in total. The Bertz CT molecular complexity index is 771. The third kappa shape index (κ3) is 6.26. The van der Waals surface area contributed by atoms with Gasteiger partial charge in [-0.2, -0.15) is 18.3 Å². The number of aliphatic imine (C=N–C) groups is 1. The minimum atomic E-state index is -4.16. The molecule has 0 aliphatic carbocycles. The van der Waals surface area contributed by atoms with Crippen LogP contribution in [0, 0.1) is 0 Å². The van der Waals surface area contributed by atoms with Crippen molar-refractivity contribution in [3.8, 4) is 0 Å². The second-order valence-electron chi connectivity index (χ2n) is 6.94. The summed E-state index contributed by atoms with van der Waals surface area (Å²) >= 11 is 0. The second kappa shape index (κ2) is 9.09. The molecule has 0 radical (unpaired) electrons. The van der Waals surface area contributed by atoms with E-state index in [1.807, 2.05) is 29.1 Å². The molecule has 1 aromatic heterocycles. The Kier molecular flexibility index (Phi) is 6.56. The monoisotopic (exact) mass is 394 g/mol. The van der Waals surface area contributed by atoms with E-state index in [2.05, 4.69) is 32.9 Å². The van der Waals surface area contributed by atoms with E-state index >= 15 is 0 Å². The number of benzene rings is 1. The van der Waals surface area contributed by atoms with Gasteiger partial charge >= 0.3 is 6.18 Å². The van der Waals surface area contributed by atoms with Gasteiger partial charge in [0.1, 0.15) is 0 Å². The van der Waals surface area contributed by atoms with E-state index in [9.17, 15) is 13.2 Å². The first-order chi connectivity index (χ1) is 13.4. The van der Waals surface area contributed by atoms with Crippen molar-refractivity contribution in [1.29, 1.82) is 0 Å². The normalized spacial score (nSPS) is 18.4. The van der Waals surface area contributed by atoms with E-state index in [-0.39, 0.29) is 6.04 Å². The lowest BCUT2D eigenvalue weighted by Crippen LogP contribution is -2.44. The number of halogens is 3. The summed E-state index contributed by atoms with van der Waals surface area (Å²) in [5.74, 6) is 0.578. The largest absolute Gasteiger partial charge is 0.401 e. The summed E-state index contributed by atoms with van der Waals surface area (Å²) in [6.07, 6.45) is 0.262. The van der Waals surface area contributed by atoms with Gasteiger partial charge in [-0.3, -0.25) is 14.6 Å². The molecule has 9 heteroatoms. The lowest BCUT2D eigenvalue weighted by Gasteiger charge is -2.19. The number of aromatic nitrogens is 2. The van der Waals surface area contributed by atoms with Crippen LogP contribution in [-0.2, 0) is 13.1 Å². The third-order valence-electron chi connectivity index (χ3n) is 4.57. The van der Waals surface area contributed by atoms with Gasteiger partial charge in [-0.05, 0) is 12.0 Å². The van der Waals surface area contributed by atoms with Gasteiger partial charge in [-0.15, -0.1) is 0 Å². The molecule has 0 amide bonds. The summed E-state index contributed by atoms with van der Waals surface area (Å²) in [5, 5.41) is 10.8. The fourth-order valence-electron chi connectivity index (χ4n) is 3.28. The van der Waals surface area contributed by atoms with Crippen LogP contribution in [0.5, 0.6) is 0 Å². The number of hydrogen-bond acceptors (Lipinski definition) is 3. The van der Waals surface area contributed by atoms with E-state index in [0.717, 1.165) is 5.56 Å². The zero-order chi connectivity index (χ0) is 20.0. The molecular weight excluding hydrogens is 369 g/mol. The molecule has 152 valence electrons. The zero-order valence-electron chi connectivity index (χ0n) is 15.8. The van der Waals surface area contributed by atoms with Gasteiger partial charge < -0.3 is 10.6 Å².